The molecule has 3 N–H and O–H groups in total. The monoisotopic (exact) mass is 382 g/mol. The van der Waals surface area contributed by atoms with Crippen LogP contribution in [0.5, 0.6) is 5.75 Å². The average molecular weight is 382 g/mol. The van der Waals surface area contributed by atoms with Crippen molar-refractivity contribution in [2.24, 2.45) is 0 Å². The van der Waals surface area contributed by atoms with E-state index in [0.29, 0.717) is 18.0 Å². The molecule has 1 aliphatic heterocycles. The highest BCUT2D eigenvalue weighted by Gasteiger charge is 2.29. The first-order valence-corrected chi connectivity index (χ1v) is 9.84. The summed E-state index contributed by atoms with van der Waals surface area (Å²) in [5.41, 5.74) is 2.98. The van der Waals surface area contributed by atoms with Gasteiger partial charge in [-0.3, -0.25) is 9.59 Å². The molecule has 0 unspecified atom stereocenters. The summed E-state index contributed by atoms with van der Waals surface area (Å²) in [6.07, 6.45) is -0.825. The van der Waals surface area contributed by atoms with Gasteiger partial charge in [0.25, 0.3) is 5.91 Å². The lowest BCUT2D eigenvalue weighted by Crippen LogP contribution is -3.10. The number of amides is 2. The van der Waals surface area contributed by atoms with E-state index < -0.39 is 6.10 Å². The topological polar surface area (TPSA) is 71.9 Å². The van der Waals surface area contributed by atoms with Crippen LogP contribution in [-0.2, 0) is 22.7 Å². The van der Waals surface area contributed by atoms with E-state index in [2.05, 4.69) is 30.5 Å². The van der Waals surface area contributed by atoms with Crippen LogP contribution in [0.15, 0.2) is 48.5 Å². The number of carbonyl (C=O) groups excluding carboxylic acids is 2. The molecule has 2 aromatic rings. The second-order valence-corrected chi connectivity index (χ2v) is 6.98. The second kappa shape index (κ2) is 9.37. The standard InChI is InChI=1S/C22H27N3O3/c1-3-25(4-2)15-17-10-6-5-9-16(17)14-23-21(26)13-20-22(27)24-18-11-7-8-12-19(18)28-20/h5-12,20H,3-4,13-15H2,1-2H3,(H,23,26)(H,24,27)/p+1/t20-/m1/s1. The van der Waals surface area contributed by atoms with Crippen LogP contribution in [0, 0.1) is 0 Å². The number of carbonyl (C=O) groups is 2. The molecule has 6 heteroatoms. The van der Waals surface area contributed by atoms with Crippen molar-refractivity contribution in [3.63, 3.8) is 0 Å². The number of rotatable bonds is 8. The van der Waals surface area contributed by atoms with Gasteiger partial charge < -0.3 is 20.3 Å². The predicted molar refractivity (Wildman–Crippen MR) is 108 cm³/mol. The summed E-state index contributed by atoms with van der Waals surface area (Å²) in [5.74, 6) is 0.0938. The van der Waals surface area contributed by atoms with Crippen LogP contribution in [0.2, 0.25) is 0 Å². The summed E-state index contributed by atoms with van der Waals surface area (Å²) in [6.45, 7) is 7.86. The molecular formula is C22H28N3O3+. The Morgan fingerprint density at radius 3 is 2.50 bits per heavy atom. The Bertz CT molecular complexity index is 833. The third-order valence-corrected chi connectivity index (χ3v) is 5.11. The van der Waals surface area contributed by atoms with Crippen LogP contribution in [0.25, 0.3) is 0 Å². The highest BCUT2D eigenvalue weighted by Crippen LogP contribution is 2.29. The van der Waals surface area contributed by atoms with Crippen LogP contribution >= 0.6 is 0 Å². The second-order valence-electron chi connectivity index (χ2n) is 6.98. The van der Waals surface area contributed by atoms with Gasteiger partial charge in [0.1, 0.15) is 12.3 Å². The predicted octanol–water partition coefficient (Wildman–Crippen LogP) is 1.52. The molecule has 0 fully saturated rings. The molecule has 0 aromatic heterocycles. The minimum Gasteiger partial charge on any atom is -0.478 e. The maximum atomic E-state index is 12.4. The van der Waals surface area contributed by atoms with Crippen molar-refractivity contribution < 1.29 is 19.2 Å². The van der Waals surface area contributed by atoms with Gasteiger partial charge in [-0.05, 0) is 31.5 Å². The SMILES string of the molecule is CC[NH+](CC)Cc1ccccc1CNC(=O)C[C@H]1Oc2ccccc2NC1=O. The summed E-state index contributed by atoms with van der Waals surface area (Å²) in [5, 5.41) is 5.72. The van der Waals surface area contributed by atoms with Crippen LogP contribution in [0.4, 0.5) is 5.69 Å². The van der Waals surface area contributed by atoms with Gasteiger partial charge in [-0.15, -0.1) is 0 Å². The molecule has 0 aliphatic carbocycles. The van der Waals surface area contributed by atoms with E-state index in [4.69, 9.17) is 4.74 Å². The third kappa shape index (κ3) is 4.89. The molecule has 0 radical (unpaired) electrons. The van der Waals surface area contributed by atoms with Crippen molar-refractivity contribution in [1.29, 1.82) is 0 Å². The zero-order chi connectivity index (χ0) is 19.9. The van der Waals surface area contributed by atoms with E-state index in [9.17, 15) is 9.59 Å². The first-order chi connectivity index (χ1) is 13.6. The quantitative estimate of drug-likeness (QED) is 0.648. The minimum atomic E-state index is -0.815. The Morgan fingerprint density at radius 1 is 1.07 bits per heavy atom. The van der Waals surface area contributed by atoms with Gasteiger partial charge in [0, 0.05) is 12.1 Å². The maximum absolute atomic E-state index is 12.4. The Kier molecular flexibility index (Phi) is 6.66. The van der Waals surface area contributed by atoms with Crippen molar-refractivity contribution in [1.82, 2.24) is 5.32 Å². The highest BCUT2D eigenvalue weighted by atomic mass is 16.5. The van der Waals surface area contributed by atoms with Gasteiger partial charge in [0.2, 0.25) is 5.91 Å². The van der Waals surface area contributed by atoms with Crippen molar-refractivity contribution >= 4 is 17.5 Å². The van der Waals surface area contributed by atoms with Gasteiger partial charge in [0.15, 0.2) is 6.10 Å². The Balaban J connectivity index is 1.57. The first-order valence-electron chi connectivity index (χ1n) is 9.84. The third-order valence-electron chi connectivity index (χ3n) is 5.11. The molecule has 0 saturated heterocycles. The molecule has 1 atom stereocenters. The fourth-order valence-electron chi connectivity index (χ4n) is 3.33. The molecule has 6 nitrogen and oxygen atoms in total. The molecule has 3 rings (SSSR count). The minimum absolute atomic E-state index is 0.0103. The lowest BCUT2D eigenvalue weighted by Gasteiger charge is -2.25. The number of ether oxygens (including phenoxy) is 1. The molecule has 0 saturated carbocycles. The van der Waals surface area contributed by atoms with Gasteiger partial charge in [-0.25, -0.2) is 0 Å². The van der Waals surface area contributed by atoms with E-state index >= 15 is 0 Å². The smallest absolute Gasteiger partial charge is 0.266 e. The van der Waals surface area contributed by atoms with Crippen LogP contribution in [-0.4, -0.2) is 31.0 Å². The van der Waals surface area contributed by atoms with Crippen molar-refractivity contribution in [2.45, 2.75) is 39.5 Å². The summed E-state index contributed by atoms with van der Waals surface area (Å²) < 4.78 is 5.70. The van der Waals surface area contributed by atoms with E-state index in [1.54, 1.807) is 12.1 Å². The van der Waals surface area contributed by atoms with E-state index in [1.807, 2.05) is 30.3 Å². The van der Waals surface area contributed by atoms with E-state index in [-0.39, 0.29) is 18.2 Å². The van der Waals surface area contributed by atoms with Crippen LogP contribution in [0.1, 0.15) is 31.4 Å². The van der Waals surface area contributed by atoms with E-state index in [1.165, 1.54) is 10.5 Å². The normalized spacial score (nSPS) is 15.5. The van der Waals surface area contributed by atoms with Gasteiger partial charge in [0.05, 0.1) is 25.2 Å². The van der Waals surface area contributed by atoms with Gasteiger partial charge in [-0.1, -0.05) is 36.4 Å². The molecule has 2 aromatic carbocycles. The van der Waals surface area contributed by atoms with E-state index in [0.717, 1.165) is 25.2 Å². The Morgan fingerprint density at radius 2 is 1.75 bits per heavy atom. The van der Waals surface area contributed by atoms with Crippen LogP contribution < -0.4 is 20.3 Å². The number of fused-ring (bicyclic) bond motifs is 1. The zero-order valence-electron chi connectivity index (χ0n) is 16.5. The summed E-state index contributed by atoms with van der Waals surface area (Å²) in [4.78, 5) is 26.1. The zero-order valence-corrected chi connectivity index (χ0v) is 16.5. The van der Waals surface area contributed by atoms with Crippen molar-refractivity contribution in [3.8, 4) is 5.75 Å². The fourth-order valence-corrected chi connectivity index (χ4v) is 3.33. The number of benzene rings is 2. The molecule has 1 aliphatic rings. The maximum Gasteiger partial charge on any atom is 0.266 e. The number of hydrogen-bond donors (Lipinski definition) is 3. The molecule has 28 heavy (non-hydrogen) atoms. The largest absolute Gasteiger partial charge is 0.478 e. The number of quaternary nitrogens is 1. The lowest BCUT2D eigenvalue weighted by molar-refractivity contribution is -0.910. The molecule has 1 heterocycles. The lowest BCUT2D eigenvalue weighted by atomic mass is 10.1. The molecular weight excluding hydrogens is 354 g/mol. The molecule has 0 bridgehead atoms. The Labute approximate surface area is 165 Å². The van der Waals surface area contributed by atoms with Gasteiger partial charge in [-0.2, -0.15) is 0 Å². The first kappa shape index (κ1) is 19.9. The van der Waals surface area contributed by atoms with Crippen molar-refractivity contribution in [3.05, 3.63) is 59.7 Å². The number of nitrogens with one attached hydrogen (secondary N) is 3. The van der Waals surface area contributed by atoms with Gasteiger partial charge >= 0.3 is 0 Å². The number of anilines is 1. The highest BCUT2D eigenvalue weighted by molar-refractivity contribution is 5.99. The molecule has 2 amide bonds. The fraction of sp³-hybridized carbons (Fsp3) is 0.364. The number of para-hydroxylation sites is 2. The van der Waals surface area contributed by atoms with Crippen LogP contribution in [0.3, 0.4) is 0 Å². The Hall–Kier alpha value is -2.86. The average Bonchev–Trinajstić information content (AvgIpc) is 2.71. The van der Waals surface area contributed by atoms with Crippen molar-refractivity contribution in [2.75, 3.05) is 18.4 Å². The summed E-state index contributed by atoms with van der Waals surface area (Å²) in [7, 11) is 0. The number of hydrogen-bond acceptors (Lipinski definition) is 3. The molecule has 0 spiro atoms. The molecule has 148 valence electrons. The summed E-state index contributed by atoms with van der Waals surface area (Å²) >= 11 is 0. The summed E-state index contributed by atoms with van der Waals surface area (Å²) in [6, 6.07) is 15.4.